The van der Waals surface area contributed by atoms with Crippen molar-refractivity contribution in [2.24, 2.45) is 5.92 Å². The van der Waals surface area contributed by atoms with Crippen LogP contribution < -0.4 is 5.32 Å². The van der Waals surface area contributed by atoms with Gasteiger partial charge in [-0.05, 0) is 42.0 Å². The van der Waals surface area contributed by atoms with E-state index in [4.69, 9.17) is 0 Å². The molecule has 0 aliphatic carbocycles. The van der Waals surface area contributed by atoms with Crippen LogP contribution in [0.5, 0.6) is 0 Å². The number of amides is 2. The van der Waals surface area contributed by atoms with Gasteiger partial charge in [-0.25, -0.2) is 4.79 Å². The third-order valence-corrected chi connectivity index (χ3v) is 5.83. The summed E-state index contributed by atoms with van der Waals surface area (Å²) in [5.74, 6) is 0.0353. The average molecular weight is 386 g/mol. The second-order valence-corrected chi connectivity index (χ2v) is 7.56. The van der Waals surface area contributed by atoms with Crippen LogP contribution in [0.3, 0.4) is 0 Å². The van der Waals surface area contributed by atoms with Crippen molar-refractivity contribution < 1.29 is 9.90 Å². The monoisotopic (exact) mass is 386 g/mol. The van der Waals surface area contributed by atoms with Crippen molar-refractivity contribution >= 4 is 11.7 Å². The van der Waals surface area contributed by atoms with Gasteiger partial charge in [-0.1, -0.05) is 78.9 Å². The lowest BCUT2D eigenvalue weighted by atomic mass is 9.72. The minimum atomic E-state index is -1.06. The van der Waals surface area contributed by atoms with Gasteiger partial charge in [0.2, 0.25) is 0 Å². The van der Waals surface area contributed by atoms with Crippen molar-refractivity contribution in [3.63, 3.8) is 0 Å². The third-order valence-electron chi connectivity index (χ3n) is 5.83. The lowest BCUT2D eigenvalue weighted by Gasteiger charge is -2.42. The molecule has 4 nitrogen and oxygen atoms in total. The van der Waals surface area contributed by atoms with E-state index in [1.165, 1.54) is 0 Å². The summed E-state index contributed by atoms with van der Waals surface area (Å²) in [6.07, 6.45) is 1.48. The summed E-state index contributed by atoms with van der Waals surface area (Å²) in [5, 5.41) is 14.9. The van der Waals surface area contributed by atoms with Crippen LogP contribution in [0.25, 0.3) is 0 Å². The number of aliphatic hydroxyl groups is 1. The Morgan fingerprint density at radius 2 is 1.24 bits per heavy atom. The zero-order valence-corrected chi connectivity index (χ0v) is 16.4. The molecule has 0 radical (unpaired) electrons. The van der Waals surface area contributed by atoms with Gasteiger partial charge in [-0.2, -0.15) is 0 Å². The predicted molar refractivity (Wildman–Crippen MR) is 116 cm³/mol. The maximum absolute atomic E-state index is 12.6. The molecule has 1 saturated heterocycles. The van der Waals surface area contributed by atoms with Gasteiger partial charge in [0.05, 0.1) is 0 Å². The van der Waals surface area contributed by atoms with E-state index in [0.29, 0.717) is 13.1 Å². The number of carbonyl (C=O) groups is 1. The number of hydrogen-bond donors (Lipinski definition) is 2. The van der Waals surface area contributed by atoms with Gasteiger partial charge in [-0.15, -0.1) is 0 Å². The fourth-order valence-electron chi connectivity index (χ4n) is 4.25. The van der Waals surface area contributed by atoms with E-state index >= 15 is 0 Å². The second-order valence-electron chi connectivity index (χ2n) is 7.56. The first-order valence-corrected chi connectivity index (χ1v) is 10.1. The van der Waals surface area contributed by atoms with Gasteiger partial charge in [-0.3, -0.25) is 0 Å². The number of hydrogen-bond acceptors (Lipinski definition) is 2. The number of para-hydroxylation sites is 1. The Kier molecular flexibility index (Phi) is 5.63. The van der Waals surface area contributed by atoms with E-state index in [2.05, 4.69) is 5.32 Å². The average Bonchev–Trinajstić information content (AvgIpc) is 2.80. The summed E-state index contributed by atoms with van der Waals surface area (Å²) in [6, 6.07) is 29.1. The van der Waals surface area contributed by atoms with Crippen molar-refractivity contribution in [2.75, 3.05) is 18.4 Å². The largest absolute Gasteiger partial charge is 0.380 e. The molecule has 0 atom stereocenters. The Labute approximate surface area is 171 Å². The zero-order chi connectivity index (χ0) is 20.1. The second kappa shape index (κ2) is 8.50. The van der Waals surface area contributed by atoms with Gasteiger partial charge < -0.3 is 15.3 Å². The topological polar surface area (TPSA) is 52.6 Å². The number of rotatable bonds is 4. The van der Waals surface area contributed by atoms with Gasteiger partial charge in [0.25, 0.3) is 0 Å². The predicted octanol–water partition coefficient (Wildman–Crippen LogP) is 4.87. The number of carbonyl (C=O) groups excluding carboxylic acids is 1. The molecule has 0 unspecified atom stereocenters. The van der Waals surface area contributed by atoms with Crippen LogP contribution in [0.1, 0.15) is 24.0 Å². The molecule has 0 bridgehead atoms. The maximum Gasteiger partial charge on any atom is 0.321 e. The third kappa shape index (κ3) is 4.03. The first-order valence-electron chi connectivity index (χ1n) is 10.1. The standard InChI is InChI=1S/C25H26N2O2/c28-24(26-23-14-8-3-9-15-23)27-18-16-22(17-19-27)25(29,20-10-4-1-5-11-20)21-12-6-2-7-13-21/h1-15,22,29H,16-19H2,(H,26,28). The molecular weight excluding hydrogens is 360 g/mol. The van der Waals surface area contributed by atoms with Crippen LogP contribution in [0, 0.1) is 5.92 Å². The number of piperidine rings is 1. The number of nitrogens with zero attached hydrogens (tertiary/aromatic N) is 1. The molecule has 2 amide bonds. The molecule has 4 heteroatoms. The summed E-state index contributed by atoms with van der Waals surface area (Å²) < 4.78 is 0. The van der Waals surface area contributed by atoms with Crippen molar-refractivity contribution in [1.29, 1.82) is 0 Å². The summed E-state index contributed by atoms with van der Waals surface area (Å²) in [5.41, 5.74) is 1.53. The smallest absolute Gasteiger partial charge is 0.321 e. The normalized spacial score (nSPS) is 15.1. The first-order chi connectivity index (χ1) is 14.2. The molecule has 2 N–H and O–H groups in total. The lowest BCUT2D eigenvalue weighted by molar-refractivity contribution is -0.00860. The molecule has 1 heterocycles. The van der Waals surface area contributed by atoms with E-state index in [1.54, 1.807) is 0 Å². The molecule has 1 aliphatic rings. The zero-order valence-electron chi connectivity index (χ0n) is 16.4. The Morgan fingerprint density at radius 1 is 0.793 bits per heavy atom. The summed E-state index contributed by atoms with van der Waals surface area (Å²) in [4.78, 5) is 14.4. The van der Waals surface area contributed by atoms with Crippen molar-refractivity contribution in [1.82, 2.24) is 4.90 Å². The quantitative estimate of drug-likeness (QED) is 0.672. The molecule has 0 spiro atoms. The summed E-state index contributed by atoms with van der Waals surface area (Å²) in [7, 11) is 0. The van der Waals surface area contributed by atoms with Gasteiger partial charge in [0.1, 0.15) is 5.60 Å². The molecular formula is C25H26N2O2. The Balaban J connectivity index is 1.51. The van der Waals surface area contributed by atoms with Crippen LogP contribution in [-0.2, 0) is 5.60 Å². The first kappa shape index (κ1) is 19.2. The summed E-state index contributed by atoms with van der Waals surface area (Å²) in [6.45, 7) is 1.23. The fraction of sp³-hybridized carbons (Fsp3) is 0.240. The highest BCUT2D eigenvalue weighted by molar-refractivity contribution is 5.89. The highest BCUT2D eigenvalue weighted by Crippen LogP contribution is 2.41. The van der Waals surface area contributed by atoms with Crippen LogP contribution >= 0.6 is 0 Å². The molecule has 4 rings (SSSR count). The molecule has 0 saturated carbocycles. The van der Waals surface area contributed by atoms with E-state index in [1.807, 2.05) is 95.9 Å². The van der Waals surface area contributed by atoms with E-state index in [9.17, 15) is 9.90 Å². The SMILES string of the molecule is O=C(Nc1ccccc1)N1CCC(C(O)(c2ccccc2)c2ccccc2)CC1. The van der Waals surface area contributed by atoms with Gasteiger partial charge >= 0.3 is 6.03 Å². The highest BCUT2D eigenvalue weighted by Gasteiger charge is 2.42. The van der Waals surface area contributed by atoms with Gasteiger partial charge in [0.15, 0.2) is 0 Å². The van der Waals surface area contributed by atoms with Crippen molar-refractivity contribution in [3.05, 3.63) is 102 Å². The van der Waals surface area contributed by atoms with Crippen LogP contribution in [0.2, 0.25) is 0 Å². The van der Waals surface area contributed by atoms with Crippen LogP contribution in [0.4, 0.5) is 10.5 Å². The molecule has 148 valence electrons. The molecule has 1 fully saturated rings. The van der Waals surface area contributed by atoms with E-state index < -0.39 is 5.60 Å². The number of anilines is 1. The van der Waals surface area contributed by atoms with Crippen molar-refractivity contribution in [3.8, 4) is 0 Å². The van der Waals surface area contributed by atoms with E-state index in [0.717, 1.165) is 29.7 Å². The molecule has 3 aromatic rings. The van der Waals surface area contributed by atoms with Crippen LogP contribution in [-0.4, -0.2) is 29.1 Å². The number of likely N-dealkylation sites (tertiary alicyclic amines) is 1. The fourth-order valence-corrected chi connectivity index (χ4v) is 4.25. The molecule has 1 aliphatic heterocycles. The minimum absolute atomic E-state index is 0.0353. The minimum Gasteiger partial charge on any atom is -0.380 e. The Hall–Kier alpha value is -3.11. The summed E-state index contributed by atoms with van der Waals surface area (Å²) >= 11 is 0. The molecule has 29 heavy (non-hydrogen) atoms. The maximum atomic E-state index is 12.6. The Bertz CT molecular complexity index is 881. The number of urea groups is 1. The van der Waals surface area contributed by atoms with Gasteiger partial charge in [0, 0.05) is 18.8 Å². The lowest BCUT2D eigenvalue weighted by Crippen LogP contribution is -2.47. The molecule has 3 aromatic carbocycles. The highest BCUT2D eigenvalue weighted by atomic mass is 16.3. The number of nitrogens with one attached hydrogen (secondary N) is 1. The number of benzene rings is 3. The Morgan fingerprint density at radius 3 is 1.72 bits per heavy atom. The van der Waals surface area contributed by atoms with Crippen molar-refractivity contribution in [2.45, 2.75) is 18.4 Å². The van der Waals surface area contributed by atoms with Crippen LogP contribution in [0.15, 0.2) is 91.0 Å². The molecule has 0 aromatic heterocycles. The van der Waals surface area contributed by atoms with E-state index in [-0.39, 0.29) is 11.9 Å².